The first-order valence-corrected chi connectivity index (χ1v) is 8.50. The second-order valence-electron chi connectivity index (χ2n) is 4.98. The van der Waals surface area contributed by atoms with Gasteiger partial charge in [-0.15, -0.1) is 0 Å². The van der Waals surface area contributed by atoms with Gasteiger partial charge in [0.2, 0.25) is 9.84 Å². The van der Waals surface area contributed by atoms with Gasteiger partial charge in [-0.05, 0) is 41.8 Å². The van der Waals surface area contributed by atoms with E-state index in [9.17, 15) is 8.42 Å². The van der Waals surface area contributed by atoms with Crippen LogP contribution >= 0.6 is 0 Å². The molecule has 1 aromatic carbocycles. The maximum Gasteiger partial charge on any atom is 0.272 e. The molecule has 2 heterocycles. The fraction of sp³-hybridized carbons (Fsp3) is 0.462. The molecular weight excluding hydrogens is 292 g/mol. The zero-order valence-electron chi connectivity index (χ0n) is 11.4. The molecule has 2 aromatic rings. The second-order valence-corrected chi connectivity index (χ2v) is 6.91. The van der Waals surface area contributed by atoms with Gasteiger partial charge in [0.1, 0.15) is 0 Å². The van der Waals surface area contributed by atoms with Gasteiger partial charge in [-0.2, -0.15) is 4.68 Å². The van der Waals surface area contributed by atoms with Gasteiger partial charge in [0.25, 0.3) is 5.16 Å². The van der Waals surface area contributed by atoms with E-state index in [1.807, 2.05) is 6.07 Å². The summed E-state index contributed by atoms with van der Waals surface area (Å²) < 4.78 is 31.8. The van der Waals surface area contributed by atoms with E-state index >= 15 is 0 Å². The number of nitrogens with zero attached hydrogens (tertiary/aromatic N) is 4. The predicted octanol–water partition coefficient (Wildman–Crippen LogP) is 1.01. The van der Waals surface area contributed by atoms with Gasteiger partial charge in [0.15, 0.2) is 0 Å². The minimum atomic E-state index is -3.59. The lowest BCUT2D eigenvalue weighted by atomic mass is 10.1. The first-order chi connectivity index (χ1) is 10.2. The molecule has 21 heavy (non-hydrogen) atoms. The van der Waals surface area contributed by atoms with Crippen molar-refractivity contribution in [2.24, 2.45) is 0 Å². The second kappa shape index (κ2) is 5.90. The van der Waals surface area contributed by atoms with Crippen molar-refractivity contribution in [3.05, 3.63) is 30.3 Å². The number of ether oxygens (including phenoxy) is 1. The third-order valence-corrected chi connectivity index (χ3v) is 5.02. The first kappa shape index (κ1) is 14.2. The molecule has 3 rings (SSSR count). The average Bonchev–Trinajstić information content (AvgIpc) is 2.99. The van der Waals surface area contributed by atoms with Crippen LogP contribution in [0.1, 0.15) is 19.3 Å². The lowest BCUT2D eigenvalue weighted by Crippen LogP contribution is -2.29. The van der Waals surface area contributed by atoms with Gasteiger partial charge < -0.3 is 4.74 Å². The summed E-state index contributed by atoms with van der Waals surface area (Å²) in [5.74, 6) is -0.0831. The van der Waals surface area contributed by atoms with Crippen molar-refractivity contribution in [1.82, 2.24) is 20.2 Å². The van der Waals surface area contributed by atoms with E-state index in [4.69, 9.17) is 4.74 Å². The highest BCUT2D eigenvalue weighted by molar-refractivity contribution is 7.91. The Labute approximate surface area is 122 Å². The molecule has 0 spiro atoms. The SMILES string of the molecule is O=S(=O)(CC1CCCCO1)c1nnnn1-c1ccccc1. The third kappa shape index (κ3) is 3.11. The highest BCUT2D eigenvalue weighted by Gasteiger charge is 2.29. The smallest absolute Gasteiger partial charge is 0.272 e. The Balaban J connectivity index is 1.88. The molecule has 0 saturated carbocycles. The van der Waals surface area contributed by atoms with E-state index in [-0.39, 0.29) is 17.0 Å². The molecular formula is C13H16N4O3S. The minimum Gasteiger partial charge on any atom is -0.377 e. The summed E-state index contributed by atoms with van der Waals surface area (Å²) in [6.45, 7) is 0.615. The van der Waals surface area contributed by atoms with Crippen LogP contribution < -0.4 is 0 Å². The van der Waals surface area contributed by atoms with Crippen LogP contribution in [0.15, 0.2) is 35.5 Å². The molecule has 1 aliphatic rings. The number of benzene rings is 1. The van der Waals surface area contributed by atoms with Crippen LogP contribution in [0.4, 0.5) is 0 Å². The van der Waals surface area contributed by atoms with Crippen LogP contribution in [0, 0.1) is 0 Å². The molecule has 1 unspecified atom stereocenters. The number of aromatic nitrogens is 4. The summed E-state index contributed by atoms with van der Waals surface area (Å²) in [5, 5.41) is 10.8. The van der Waals surface area contributed by atoms with E-state index in [0.29, 0.717) is 12.3 Å². The van der Waals surface area contributed by atoms with Gasteiger partial charge in [-0.1, -0.05) is 23.3 Å². The van der Waals surface area contributed by atoms with Crippen molar-refractivity contribution in [3.63, 3.8) is 0 Å². The normalized spacial score (nSPS) is 19.5. The van der Waals surface area contributed by atoms with Gasteiger partial charge >= 0.3 is 0 Å². The zero-order valence-corrected chi connectivity index (χ0v) is 12.2. The zero-order chi connectivity index (χ0) is 14.7. The Hall–Kier alpha value is -1.80. The number of hydrogen-bond donors (Lipinski definition) is 0. The summed E-state index contributed by atoms with van der Waals surface area (Å²) in [5.41, 5.74) is 0.616. The molecule has 0 radical (unpaired) electrons. The lowest BCUT2D eigenvalue weighted by molar-refractivity contribution is 0.0304. The van der Waals surface area contributed by atoms with Crippen molar-refractivity contribution in [1.29, 1.82) is 0 Å². The fourth-order valence-electron chi connectivity index (χ4n) is 2.36. The van der Waals surface area contributed by atoms with E-state index < -0.39 is 9.84 Å². The van der Waals surface area contributed by atoms with Crippen LogP contribution in [0.2, 0.25) is 0 Å². The van der Waals surface area contributed by atoms with E-state index in [0.717, 1.165) is 19.3 Å². The van der Waals surface area contributed by atoms with Crippen LogP contribution in [-0.4, -0.2) is 47.1 Å². The Morgan fingerprint density at radius 3 is 2.76 bits per heavy atom. The lowest BCUT2D eigenvalue weighted by Gasteiger charge is -2.21. The third-order valence-electron chi connectivity index (χ3n) is 3.40. The Kier molecular flexibility index (Phi) is 3.98. The molecule has 0 bridgehead atoms. The fourth-order valence-corrected chi connectivity index (χ4v) is 3.83. The summed E-state index contributed by atoms with van der Waals surface area (Å²) in [4.78, 5) is 0. The summed E-state index contributed by atoms with van der Waals surface area (Å²) in [7, 11) is -3.59. The summed E-state index contributed by atoms with van der Waals surface area (Å²) >= 11 is 0. The maximum absolute atomic E-state index is 12.5. The molecule has 0 aliphatic carbocycles. The van der Waals surface area contributed by atoms with Crippen molar-refractivity contribution in [3.8, 4) is 5.69 Å². The number of para-hydroxylation sites is 1. The van der Waals surface area contributed by atoms with Gasteiger partial charge in [0, 0.05) is 6.61 Å². The molecule has 0 amide bonds. The van der Waals surface area contributed by atoms with Crippen molar-refractivity contribution >= 4 is 9.84 Å². The Bertz CT molecular complexity index is 693. The number of tetrazole rings is 1. The summed E-state index contributed by atoms with van der Waals surface area (Å²) in [6.07, 6.45) is 2.46. The van der Waals surface area contributed by atoms with Crippen molar-refractivity contribution in [2.75, 3.05) is 12.4 Å². The highest BCUT2D eigenvalue weighted by Crippen LogP contribution is 2.19. The van der Waals surface area contributed by atoms with Crippen molar-refractivity contribution < 1.29 is 13.2 Å². The van der Waals surface area contributed by atoms with Gasteiger partial charge in [-0.3, -0.25) is 0 Å². The maximum atomic E-state index is 12.5. The van der Waals surface area contributed by atoms with Crippen molar-refractivity contribution in [2.45, 2.75) is 30.5 Å². The molecule has 1 saturated heterocycles. The van der Waals surface area contributed by atoms with Crippen LogP contribution in [0.3, 0.4) is 0 Å². The minimum absolute atomic E-state index is 0.0831. The first-order valence-electron chi connectivity index (χ1n) is 6.85. The van der Waals surface area contributed by atoms with E-state index in [2.05, 4.69) is 15.5 Å². The standard InChI is InChI=1S/C13H16N4O3S/c18-21(19,10-12-8-4-5-9-20-12)13-14-15-16-17(13)11-6-2-1-3-7-11/h1-3,6-7,12H,4-5,8-10H2. The molecule has 1 fully saturated rings. The monoisotopic (exact) mass is 308 g/mol. The van der Waals surface area contributed by atoms with Crippen LogP contribution in [-0.2, 0) is 14.6 Å². The molecule has 8 heteroatoms. The molecule has 1 aliphatic heterocycles. The van der Waals surface area contributed by atoms with Crippen LogP contribution in [0.25, 0.3) is 5.69 Å². The number of sulfone groups is 1. The molecule has 7 nitrogen and oxygen atoms in total. The topological polar surface area (TPSA) is 87.0 Å². The molecule has 1 atom stereocenters. The molecule has 112 valence electrons. The number of hydrogen-bond acceptors (Lipinski definition) is 6. The number of rotatable bonds is 4. The van der Waals surface area contributed by atoms with Gasteiger partial charge in [0.05, 0.1) is 17.5 Å². The highest BCUT2D eigenvalue weighted by atomic mass is 32.2. The van der Waals surface area contributed by atoms with Crippen LogP contribution in [0.5, 0.6) is 0 Å². The van der Waals surface area contributed by atoms with Gasteiger partial charge in [-0.25, -0.2) is 8.42 Å². The predicted molar refractivity (Wildman–Crippen MR) is 74.8 cm³/mol. The average molecular weight is 308 g/mol. The van der Waals surface area contributed by atoms with E-state index in [1.165, 1.54) is 4.68 Å². The summed E-state index contributed by atoms with van der Waals surface area (Å²) in [6, 6.07) is 8.96. The quantitative estimate of drug-likeness (QED) is 0.837. The Morgan fingerprint density at radius 2 is 2.05 bits per heavy atom. The van der Waals surface area contributed by atoms with E-state index in [1.54, 1.807) is 24.3 Å². The molecule has 0 N–H and O–H groups in total. The largest absolute Gasteiger partial charge is 0.377 e. The molecule has 1 aromatic heterocycles. The Morgan fingerprint density at radius 1 is 1.24 bits per heavy atom.